The molecule has 2 rings (SSSR count). The Morgan fingerprint density at radius 3 is 2.32 bits per heavy atom. The monoisotopic (exact) mass is 255 g/mol. The lowest BCUT2D eigenvalue weighted by molar-refractivity contribution is 0.282. The number of rotatable bonds is 6. The SMILES string of the molecule is Cc1ccccc1CCNCc1ccc(CO)cc1. The van der Waals surface area contributed by atoms with Gasteiger partial charge in [0, 0.05) is 6.54 Å². The third kappa shape index (κ3) is 4.19. The van der Waals surface area contributed by atoms with Gasteiger partial charge in [-0.1, -0.05) is 48.5 Å². The van der Waals surface area contributed by atoms with Crippen LogP contribution in [-0.4, -0.2) is 11.7 Å². The van der Waals surface area contributed by atoms with E-state index in [1.165, 1.54) is 16.7 Å². The topological polar surface area (TPSA) is 32.3 Å². The molecule has 0 spiro atoms. The van der Waals surface area contributed by atoms with Crippen LogP contribution in [-0.2, 0) is 19.6 Å². The van der Waals surface area contributed by atoms with Crippen molar-refractivity contribution in [1.29, 1.82) is 0 Å². The average Bonchev–Trinajstić information content (AvgIpc) is 2.46. The van der Waals surface area contributed by atoms with Gasteiger partial charge in [0.1, 0.15) is 0 Å². The van der Waals surface area contributed by atoms with E-state index in [9.17, 15) is 0 Å². The van der Waals surface area contributed by atoms with Crippen molar-refractivity contribution in [2.75, 3.05) is 6.54 Å². The minimum absolute atomic E-state index is 0.112. The van der Waals surface area contributed by atoms with Crippen LogP contribution in [0.15, 0.2) is 48.5 Å². The van der Waals surface area contributed by atoms with Gasteiger partial charge in [0.05, 0.1) is 6.61 Å². The van der Waals surface area contributed by atoms with Gasteiger partial charge >= 0.3 is 0 Å². The third-order valence-corrected chi connectivity index (χ3v) is 3.37. The molecule has 0 aromatic heterocycles. The van der Waals surface area contributed by atoms with Gasteiger partial charge in [0.2, 0.25) is 0 Å². The summed E-state index contributed by atoms with van der Waals surface area (Å²) < 4.78 is 0. The van der Waals surface area contributed by atoms with Crippen LogP contribution in [0, 0.1) is 6.92 Å². The molecular weight excluding hydrogens is 234 g/mol. The van der Waals surface area contributed by atoms with Gasteiger partial charge in [-0.2, -0.15) is 0 Å². The van der Waals surface area contributed by atoms with E-state index < -0.39 is 0 Å². The Labute approximate surface area is 115 Å². The summed E-state index contributed by atoms with van der Waals surface area (Å²) in [5, 5.41) is 12.4. The van der Waals surface area contributed by atoms with E-state index in [0.717, 1.165) is 25.1 Å². The summed E-state index contributed by atoms with van der Waals surface area (Å²) in [6, 6.07) is 16.6. The molecular formula is C17H21NO. The maximum atomic E-state index is 8.98. The Morgan fingerprint density at radius 2 is 1.63 bits per heavy atom. The number of hydrogen-bond acceptors (Lipinski definition) is 2. The molecule has 0 saturated heterocycles. The number of nitrogens with one attached hydrogen (secondary N) is 1. The molecule has 0 saturated carbocycles. The van der Waals surface area contributed by atoms with E-state index in [-0.39, 0.29) is 6.61 Å². The van der Waals surface area contributed by atoms with Gasteiger partial charge in [-0.05, 0) is 42.1 Å². The molecule has 0 fully saturated rings. The number of aryl methyl sites for hydroxylation is 1. The predicted molar refractivity (Wildman–Crippen MR) is 79.0 cm³/mol. The number of hydrogen-bond donors (Lipinski definition) is 2. The normalized spacial score (nSPS) is 10.6. The first-order valence-corrected chi connectivity index (χ1v) is 6.73. The molecule has 0 aliphatic heterocycles. The Kier molecular flexibility index (Phi) is 5.13. The molecule has 19 heavy (non-hydrogen) atoms. The van der Waals surface area contributed by atoms with Crippen LogP contribution in [0.25, 0.3) is 0 Å². The molecule has 0 aliphatic rings. The van der Waals surface area contributed by atoms with Crippen LogP contribution < -0.4 is 5.32 Å². The molecule has 0 unspecified atom stereocenters. The van der Waals surface area contributed by atoms with Crippen molar-refractivity contribution in [3.8, 4) is 0 Å². The molecule has 2 aromatic rings. The van der Waals surface area contributed by atoms with Crippen LogP contribution in [0.2, 0.25) is 0 Å². The first-order valence-electron chi connectivity index (χ1n) is 6.73. The van der Waals surface area contributed by atoms with Gasteiger partial charge in [-0.3, -0.25) is 0 Å². The van der Waals surface area contributed by atoms with Crippen molar-refractivity contribution < 1.29 is 5.11 Å². The quantitative estimate of drug-likeness (QED) is 0.778. The molecule has 2 N–H and O–H groups in total. The first kappa shape index (κ1) is 13.8. The fourth-order valence-electron chi connectivity index (χ4n) is 2.11. The first-order chi connectivity index (χ1) is 9.29. The number of benzene rings is 2. The second-order valence-corrected chi connectivity index (χ2v) is 4.83. The van der Waals surface area contributed by atoms with E-state index in [2.05, 4.69) is 48.6 Å². The van der Waals surface area contributed by atoms with E-state index in [1.807, 2.05) is 12.1 Å². The Hall–Kier alpha value is -1.64. The third-order valence-electron chi connectivity index (χ3n) is 3.37. The lowest BCUT2D eigenvalue weighted by Gasteiger charge is -2.07. The van der Waals surface area contributed by atoms with Gasteiger partial charge in [-0.25, -0.2) is 0 Å². The summed E-state index contributed by atoms with van der Waals surface area (Å²) in [4.78, 5) is 0. The van der Waals surface area contributed by atoms with Crippen molar-refractivity contribution in [2.45, 2.75) is 26.5 Å². The highest BCUT2D eigenvalue weighted by Gasteiger charge is 1.97. The summed E-state index contributed by atoms with van der Waals surface area (Å²) in [6.07, 6.45) is 1.06. The molecule has 0 radical (unpaired) electrons. The highest BCUT2D eigenvalue weighted by atomic mass is 16.3. The van der Waals surface area contributed by atoms with Crippen molar-refractivity contribution >= 4 is 0 Å². The zero-order valence-corrected chi connectivity index (χ0v) is 11.4. The lowest BCUT2D eigenvalue weighted by Crippen LogP contribution is -2.17. The molecule has 100 valence electrons. The fraction of sp³-hybridized carbons (Fsp3) is 0.294. The second kappa shape index (κ2) is 7.07. The van der Waals surface area contributed by atoms with Crippen LogP contribution >= 0.6 is 0 Å². The molecule has 2 heteroatoms. The maximum Gasteiger partial charge on any atom is 0.0681 e. The molecule has 0 aliphatic carbocycles. The van der Waals surface area contributed by atoms with E-state index in [1.54, 1.807) is 0 Å². The Balaban J connectivity index is 1.76. The predicted octanol–water partition coefficient (Wildman–Crippen LogP) is 2.82. The minimum atomic E-state index is 0.112. The summed E-state index contributed by atoms with van der Waals surface area (Å²) in [5.74, 6) is 0. The second-order valence-electron chi connectivity index (χ2n) is 4.83. The van der Waals surface area contributed by atoms with Gasteiger partial charge in [0.25, 0.3) is 0 Å². The van der Waals surface area contributed by atoms with Gasteiger partial charge in [0.15, 0.2) is 0 Å². The van der Waals surface area contributed by atoms with Crippen molar-refractivity contribution in [2.24, 2.45) is 0 Å². The fourth-order valence-corrected chi connectivity index (χ4v) is 2.11. The summed E-state index contributed by atoms with van der Waals surface area (Å²) in [6.45, 7) is 4.12. The van der Waals surface area contributed by atoms with Crippen molar-refractivity contribution in [1.82, 2.24) is 5.32 Å². The van der Waals surface area contributed by atoms with Gasteiger partial charge in [-0.15, -0.1) is 0 Å². The lowest BCUT2D eigenvalue weighted by atomic mass is 10.1. The average molecular weight is 255 g/mol. The minimum Gasteiger partial charge on any atom is -0.392 e. The van der Waals surface area contributed by atoms with Crippen molar-refractivity contribution in [3.05, 3.63) is 70.8 Å². The van der Waals surface area contributed by atoms with Crippen LogP contribution in [0.4, 0.5) is 0 Å². The van der Waals surface area contributed by atoms with E-state index in [4.69, 9.17) is 5.11 Å². The smallest absolute Gasteiger partial charge is 0.0681 e. The Bertz CT molecular complexity index is 505. The molecule has 2 aromatic carbocycles. The summed E-state index contributed by atoms with van der Waals surface area (Å²) in [7, 11) is 0. The van der Waals surface area contributed by atoms with E-state index >= 15 is 0 Å². The van der Waals surface area contributed by atoms with E-state index in [0.29, 0.717) is 0 Å². The largest absolute Gasteiger partial charge is 0.392 e. The molecule has 0 heterocycles. The Morgan fingerprint density at radius 1 is 0.947 bits per heavy atom. The maximum absolute atomic E-state index is 8.98. The van der Waals surface area contributed by atoms with Crippen LogP contribution in [0.3, 0.4) is 0 Å². The highest BCUT2D eigenvalue weighted by molar-refractivity contribution is 5.26. The molecule has 0 atom stereocenters. The molecule has 2 nitrogen and oxygen atoms in total. The molecule has 0 amide bonds. The number of aliphatic hydroxyl groups is 1. The zero-order valence-electron chi connectivity index (χ0n) is 11.4. The van der Waals surface area contributed by atoms with Crippen LogP contribution in [0.5, 0.6) is 0 Å². The highest BCUT2D eigenvalue weighted by Crippen LogP contribution is 2.07. The summed E-state index contributed by atoms with van der Waals surface area (Å²) in [5.41, 5.74) is 4.98. The number of aliphatic hydroxyl groups excluding tert-OH is 1. The summed E-state index contributed by atoms with van der Waals surface area (Å²) >= 11 is 0. The van der Waals surface area contributed by atoms with Gasteiger partial charge < -0.3 is 10.4 Å². The zero-order chi connectivity index (χ0) is 13.5. The molecule has 0 bridgehead atoms. The van der Waals surface area contributed by atoms with Crippen molar-refractivity contribution in [3.63, 3.8) is 0 Å². The van der Waals surface area contributed by atoms with Crippen LogP contribution in [0.1, 0.15) is 22.3 Å². The standard InChI is InChI=1S/C17H21NO/c1-14-4-2-3-5-17(14)10-11-18-12-15-6-8-16(13-19)9-7-15/h2-9,18-19H,10-13H2,1H3.